The minimum atomic E-state index is -0.526. The fourth-order valence-electron chi connectivity index (χ4n) is 2.04. The Labute approximate surface area is 140 Å². The van der Waals surface area contributed by atoms with Crippen molar-refractivity contribution in [3.05, 3.63) is 64.7 Å². The van der Waals surface area contributed by atoms with Crippen LogP contribution in [0.25, 0.3) is 0 Å². The Hall–Kier alpha value is -3.33. The molecule has 0 aliphatic heterocycles. The van der Waals surface area contributed by atoms with E-state index in [2.05, 4.69) is 10.9 Å². The van der Waals surface area contributed by atoms with Gasteiger partial charge in [-0.05, 0) is 37.6 Å². The van der Waals surface area contributed by atoms with E-state index in [4.69, 9.17) is 10.00 Å². The predicted molar refractivity (Wildman–Crippen MR) is 88.2 cm³/mol. The monoisotopic (exact) mass is 323 g/mol. The third-order valence-electron chi connectivity index (χ3n) is 3.32. The largest absolute Gasteiger partial charge is 0.482 e. The molecule has 2 N–H and O–H groups in total. The molecule has 2 rings (SSSR count). The quantitative estimate of drug-likeness (QED) is 0.842. The zero-order chi connectivity index (χ0) is 17.5. The van der Waals surface area contributed by atoms with E-state index in [1.54, 1.807) is 30.3 Å². The Morgan fingerprint density at radius 3 is 2.62 bits per heavy atom. The molecular weight excluding hydrogens is 306 g/mol. The Morgan fingerprint density at radius 1 is 1.12 bits per heavy atom. The van der Waals surface area contributed by atoms with Crippen LogP contribution >= 0.6 is 0 Å². The molecule has 0 bridgehead atoms. The summed E-state index contributed by atoms with van der Waals surface area (Å²) >= 11 is 0. The average Bonchev–Trinajstić information content (AvgIpc) is 2.60. The smallest absolute Gasteiger partial charge is 0.276 e. The van der Waals surface area contributed by atoms with Crippen molar-refractivity contribution in [2.75, 3.05) is 6.61 Å². The van der Waals surface area contributed by atoms with Crippen LogP contribution in [0.3, 0.4) is 0 Å². The van der Waals surface area contributed by atoms with Crippen molar-refractivity contribution in [2.24, 2.45) is 0 Å². The number of nitriles is 1. The maximum absolute atomic E-state index is 12.1. The van der Waals surface area contributed by atoms with Crippen LogP contribution in [0.5, 0.6) is 5.75 Å². The van der Waals surface area contributed by atoms with Crippen LogP contribution in [0.2, 0.25) is 0 Å². The van der Waals surface area contributed by atoms with Crippen LogP contribution in [-0.4, -0.2) is 18.4 Å². The molecule has 0 unspecified atom stereocenters. The van der Waals surface area contributed by atoms with Crippen molar-refractivity contribution < 1.29 is 14.3 Å². The molecule has 0 aromatic heterocycles. The molecule has 2 amide bonds. The second-order valence-electron chi connectivity index (χ2n) is 5.22. The van der Waals surface area contributed by atoms with E-state index in [1.807, 2.05) is 32.0 Å². The molecule has 0 radical (unpaired) electrons. The van der Waals surface area contributed by atoms with Gasteiger partial charge in [0.25, 0.3) is 11.8 Å². The summed E-state index contributed by atoms with van der Waals surface area (Å²) in [5, 5.41) is 8.95. The van der Waals surface area contributed by atoms with Gasteiger partial charge >= 0.3 is 0 Å². The summed E-state index contributed by atoms with van der Waals surface area (Å²) in [5.74, 6) is -0.612. The summed E-state index contributed by atoms with van der Waals surface area (Å²) < 4.78 is 5.28. The van der Waals surface area contributed by atoms with Gasteiger partial charge in [0.15, 0.2) is 6.61 Å². The number of para-hydroxylation sites is 1. The number of carbonyl (C=O) groups is 2. The van der Waals surface area contributed by atoms with Gasteiger partial charge in [-0.2, -0.15) is 5.26 Å². The lowest BCUT2D eigenvalue weighted by Gasteiger charge is -2.11. The maximum atomic E-state index is 12.1. The predicted octanol–water partition coefficient (Wildman–Crippen LogP) is 2.02. The summed E-state index contributed by atoms with van der Waals surface area (Å²) in [7, 11) is 0. The molecular formula is C18H17N3O3. The molecule has 24 heavy (non-hydrogen) atoms. The van der Waals surface area contributed by atoms with Crippen LogP contribution in [-0.2, 0) is 4.79 Å². The van der Waals surface area contributed by atoms with Gasteiger partial charge in [0.2, 0.25) is 0 Å². The van der Waals surface area contributed by atoms with Gasteiger partial charge in [0.05, 0.1) is 5.56 Å². The van der Waals surface area contributed by atoms with Gasteiger partial charge in [0, 0.05) is 5.56 Å². The van der Waals surface area contributed by atoms with Gasteiger partial charge in [-0.15, -0.1) is 0 Å². The Balaban J connectivity index is 1.88. The van der Waals surface area contributed by atoms with Crippen LogP contribution in [0, 0.1) is 25.2 Å². The normalized spacial score (nSPS) is 9.71. The summed E-state index contributed by atoms with van der Waals surface area (Å²) in [6.07, 6.45) is 0. The number of hydrogen-bond donors (Lipinski definition) is 2. The van der Waals surface area contributed by atoms with Crippen LogP contribution in [0.15, 0.2) is 42.5 Å². The number of aryl methyl sites for hydroxylation is 2. The highest BCUT2D eigenvalue weighted by atomic mass is 16.5. The SMILES string of the molecule is Cc1ccc(C)c(C(=O)NNC(=O)COc2ccccc2C#N)c1. The lowest BCUT2D eigenvalue weighted by atomic mass is 10.1. The number of amides is 2. The zero-order valence-corrected chi connectivity index (χ0v) is 13.4. The second-order valence-corrected chi connectivity index (χ2v) is 5.22. The highest BCUT2D eigenvalue weighted by Crippen LogP contribution is 2.16. The minimum Gasteiger partial charge on any atom is -0.482 e. The van der Waals surface area contributed by atoms with E-state index in [0.29, 0.717) is 16.9 Å². The zero-order valence-electron chi connectivity index (χ0n) is 13.4. The van der Waals surface area contributed by atoms with Crippen molar-refractivity contribution in [2.45, 2.75) is 13.8 Å². The number of nitrogens with one attached hydrogen (secondary N) is 2. The first-order valence-electron chi connectivity index (χ1n) is 7.29. The molecule has 2 aromatic rings. The molecule has 0 fully saturated rings. The molecule has 6 heteroatoms. The number of nitrogens with zero attached hydrogens (tertiary/aromatic N) is 1. The fraction of sp³-hybridized carbons (Fsp3) is 0.167. The Bertz CT molecular complexity index is 809. The molecule has 0 saturated carbocycles. The summed E-state index contributed by atoms with van der Waals surface area (Å²) in [4.78, 5) is 23.9. The Morgan fingerprint density at radius 2 is 1.88 bits per heavy atom. The van der Waals surface area contributed by atoms with Gasteiger partial charge in [-0.3, -0.25) is 20.4 Å². The summed E-state index contributed by atoms with van der Waals surface area (Å²) in [6, 6.07) is 14.1. The third kappa shape index (κ3) is 4.34. The number of hydrogen-bond acceptors (Lipinski definition) is 4. The molecule has 122 valence electrons. The second kappa shape index (κ2) is 7.79. The standard InChI is InChI=1S/C18H17N3O3/c1-12-7-8-13(2)15(9-12)18(23)21-20-17(22)11-24-16-6-4-3-5-14(16)10-19/h3-9H,11H2,1-2H3,(H,20,22)(H,21,23). The van der Waals surface area contributed by atoms with Gasteiger partial charge < -0.3 is 4.74 Å². The van der Waals surface area contributed by atoms with Crippen LogP contribution in [0.4, 0.5) is 0 Å². The van der Waals surface area contributed by atoms with Crippen molar-refractivity contribution in [1.29, 1.82) is 5.26 Å². The number of rotatable bonds is 4. The molecule has 2 aromatic carbocycles. The van der Waals surface area contributed by atoms with E-state index < -0.39 is 11.8 Å². The molecule has 0 aliphatic carbocycles. The van der Waals surface area contributed by atoms with Crippen molar-refractivity contribution in [3.63, 3.8) is 0 Å². The van der Waals surface area contributed by atoms with Gasteiger partial charge in [0.1, 0.15) is 11.8 Å². The number of ether oxygens (including phenoxy) is 1. The van der Waals surface area contributed by atoms with Crippen LogP contribution in [0.1, 0.15) is 27.0 Å². The molecule has 0 heterocycles. The average molecular weight is 323 g/mol. The highest BCUT2D eigenvalue weighted by molar-refractivity contribution is 5.96. The molecule has 0 atom stereocenters. The summed E-state index contributed by atoms with van der Waals surface area (Å²) in [6.45, 7) is 3.39. The van der Waals surface area contributed by atoms with E-state index in [-0.39, 0.29) is 6.61 Å². The Kier molecular flexibility index (Phi) is 5.53. The molecule has 0 saturated heterocycles. The fourth-order valence-corrected chi connectivity index (χ4v) is 2.04. The first-order chi connectivity index (χ1) is 11.5. The summed E-state index contributed by atoms with van der Waals surface area (Å²) in [5.41, 5.74) is 7.23. The number of carbonyl (C=O) groups excluding carboxylic acids is 2. The lowest BCUT2D eigenvalue weighted by molar-refractivity contribution is -0.123. The molecule has 0 spiro atoms. The first-order valence-corrected chi connectivity index (χ1v) is 7.29. The highest BCUT2D eigenvalue weighted by Gasteiger charge is 2.11. The first kappa shape index (κ1) is 17.0. The van der Waals surface area contributed by atoms with Crippen LogP contribution < -0.4 is 15.6 Å². The third-order valence-corrected chi connectivity index (χ3v) is 3.32. The van der Waals surface area contributed by atoms with Gasteiger partial charge in [-0.1, -0.05) is 29.8 Å². The maximum Gasteiger partial charge on any atom is 0.276 e. The van der Waals surface area contributed by atoms with Crippen molar-refractivity contribution in [3.8, 4) is 11.8 Å². The van der Waals surface area contributed by atoms with Crippen molar-refractivity contribution in [1.82, 2.24) is 10.9 Å². The van der Waals surface area contributed by atoms with E-state index in [1.165, 1.54) is 0 Å². The lowest BCUT2D eigenvalue weighted by Crippen LogP contribution is -2.44. The molecule has 6 nitrogen and oxygen atoms in total. The molecule has 0 aliphatic rings. The topological polar surface area (TPSA) is 91.2 Å². The van der Waals surface area contributed by atoms with E-state index in [9.17, 15) is 9.59 Å². The van der Waals surface area contributed by atoms with Gasteiger partial charge in [-0.25, -0.2) is 0 Å². The number of hydrazine groups is 1. The number of benzene rings is 2. The minimum absolute atomic E-state index is 0.314. The van der Waals surface area contributed by atoms with Crippen molar-refractivity contribution >= 4 is 11.8 Å². The van der Waals surface area contributed by atoms with E-state index in [0.717, 1.165) is 11.1 Å². The van der Waals surface area contributed by atoms with E-state index >= 15 is 0 Å².